The van der Waals surface area contributed by atoms with Crippen LogP contribution in [0.2, 0.25) is 0 Å². The molecule has 4 nitrogen and oxygen atoms in total. The van der Waals surface area contributed by atoms with Crippen molar-refractivity contribution in [1.29, 1.82) is 5.41 Å². The van der Waals surface area contributed by atoms with Gasteiger partial charge in [-0.25, -0.2) is 4.98 Å². The lowest BCUT2D eigenvalue weighted by molar-refractivity contribution is 0.411. The minimum absolute atomic E-state index is 0.180. The van der Waals surface area contributed by atoms with E-state index in [1.165, 1.54) is 11.3 Å². The largest absolute Gasteiger partial charge is 0.510 e. The van der Waals surface area contributed by atoms with E-state index in [1.54, 1.807) is 0 Å². The van der Waals surface area contributed by atoms with Gasteiger partial charge in [-0.15, -0.1) is 11.3 Å². The number of aromatic nitrogens is 1. The van der Waals surface area contributed by atoms with Gasteiger partial charge < -0.3 is 10.0 Å². The third-order valence-corrected chi connectivity index (χ3v) is 6.39. The standard InChI is InChI=1S/C23H16BrN3OS/c24-17-8-5-15(6-9-17)19-13-29-23(26-19)21-20(28)12-27(22(21)25)18-10-7-14-3-1-2-4-16(14)11-18/h1-11,13,25,28H,12H2. The number of anilines is 1. The Morgan fingerprint density at radius 2 is 1.76 bits per heavy atom. The van der Waals surface area contributed by atoms with Crippen LogP contribution in [0.1, 0.15) is 5.01 Å². The minimum atomic E-state index is 0.180. The summed E-state index contributed by atoms with van der Waals surface area (Å²) in [4.78, 5) is 6.51. The van der Waals surface area contributed by atoms with Crippen LogP contribution in [-0.4, -0.2) is 22.5 Å². The van der Waals surface area contributed by atoms with Gasteiger partial charge in [-0.05, 0) is 35.0 Å². The van der Waals surface area contributed by atoms with E-state index in [0.717, 1.165) is 32.2 Å². The first-order valence-electron chi connectivity index (χ1n) is 9.09. The Labute approximate surface area is 180 Å². The molecule has 0 radical (unpaired) electrons. The fourth-order valence-electron chi connectivity index (χ4n) is 3.51. The Morgan fingerprint density at radius 1 is 1.00 bits per heavy atom. The summed E-state index contributed by atoms with van der Waals surface area (Å²) < 4.78 is 1.01. The van der Waals surface area contributed by atoms with Gasteiger partial charge in [-0.2, -0.15) is 0 Å². The van der Waals surface area contributed by atoms with Crippen LogP contribution in [0, 0.1) is 5.41 Å². The summed E-state index contributed by atoms with van der Waals surface area (Å²) in [6, 6.07) is 22.2. The number of amidine groups is 1. The van der Waals surface area contributed by atoms with E-state index in [-0.39, 0.29) is 18.1 Å². The highest BCUT2D eigenvalue weighted by atomic mass is 79.9. The van der Waals surface area contributed by atoms with Gasteiger partial charge in [0.1, 0.15) is 16.6 Å². The molecule has 6 heteroatoms. The first-order valence-corrected chi connectivity index (χ1v) is 10.8. The quantitative estimate of drug-likeness (QED) is 0.366. The van der Waals surface area contributed by atoms with Gasteiger partial charge in [-0.3, -0.25) is 5.41 Å². The Hall–Kier alpha value is -2.96. The van der Waals surface area contributed by atoms with E-state index in [2.05, 4.69) is 39.1 Å². The number of thiazole rings is 1. The molecule has 3 aromatic carbocycles. The molecule has 0 amide bonds. The third kappa shape index (κ3) is 3.24. The molecular formula is C23H16BrN3OS. The van der Waals surface area contributed by atoms with Crippen LogP contribution in [-0.2, 0) is 0 Å². The first-order chi connectivity index (χ1) is 14.1. The third-order valence-electron chi connectivity index (χ3n) is 5.01. The average molecular weight is 462 g/mol. The normalized spacial score (nSPS) is 14.2. The molecule has 0 saturated carbocycles. The van der Waals surface area contributed by atoms with Crippen LogP contribution in [0.5, 0.6) is 0 Å². The Balaban J connectivity index is 1.46. The lowest BCUT2D eigenvalue weighted by atomic mass is 10.1. The maximum absolute atomic E-state index is 10.6. The number of nitrogens with one attached hydrogen (secondary N) is 1. The van der Waals surface area contributed by atoms with Crippen molar-refractivity contribution in [3.63, 3.8) is 0 Å². The van der Waals surface area contributed by atoms with Crippen molar-refractivity contribution in [2.45, 2.75) is 0 Å². The molecule has 1 aromatic heterocycles. The summed E-state index contributed by atoms with van der Waals surface area (Å²) >= 11 is 4.89. The fraction of sp³-hybridized carbons (Fsp3) is 0.0435. The maximum atomic E-state index is 10.6. The summed E-state index contributed by atoms with van der Waals surface area (Å²) in [6.07, 6.45) is 0. The molecule has 0 fully saturated rings. The number of hydrogen-bond donors (Lipinski definition) is 2. The molecule has 29 heavy (non-hydrogen) atoms. The smallest absolute Gasteiger partial charge is 0.139 e. The second-order valence-electron chi connectivity index (χ2n) is 6.83. The van der Waals surface area contributed by atoms with E-state index >= 15 is 0 Å². The number of fused-ring (bicyclic) bond motifs is 1. The zero-order chi connectivity index (χ0) is 20.0. The van der Waals surface area contributed by atoms with Crippen molar-refractivity contribution in [1.82, 2.24) is 4.98 Å². The van der Waals surface area contributed by atoms with Crippen LogP contribution in [0.15, 0.2) is 82.3 Å². The lowest BCUT2D eigenvalue weighted by Gasteiger charge is -2.19. The van der Waals surface area contributed by atoms with Crippen molar-refractivity contribution in [3.05, 3.63) is 87.3 Å². The van der Waals surface area contributed by atoms with Gasteiger partial charge in [0.25, 0.3) is 0 Å². The Kier molecular flexibility index (Phi) is 4.45. The zero-order valence-electron chi connectivity index (χ0n) is 15.3. The van der Waals surface area contributed by atoms with Gasteiger partial charge in [0, 0.05) is 21.1 Å². The Bertz CT molecular complexity index is 1280. The highest BCUT2D eigenvalue weighted by molar-refractivity contribution is 9.10. The summed E-state index contributed by atoms with van der Waals surface area (Å²) in [6.45, 7) is 0.277. The number of hydrogen-bond acceptors (Lipinski definition) is 4. The number of rotatable bonds is 3. The Morgan fingerprint density at radius 3 is 2.55 bits per heavy atom. The second-order valence-corrected chi connectivity index (χ2v) is 8.61. The van der Waals surface area contributed by atoms with Crippen LogP contribution in [0.25, 0.3) is 27.6 Å². The minimum Gasteiger partial charge on any atom is -0.510 e. The van der Waals surface area contributed by atoms with Crippen LogP contribution >= 0.6 is 27.3 Å². The van der Waals surface area contributed by atoms with Gasteiger partial charge in [0.05, 0.1) is 17.8 Å². The lowest BCUT2D eigenvalue weighted by Crippen LogP contribution is -2.25. The molecule has 2 heterocycles. The van der Waals surface area contributed by atoms with E-state index in [1.807, 2.05) is 58.8 Å². The number of aliphatic hydroxyl groups excluding tert-OH is 1. The van der Waals surface area contributed by atoms with Crippen LogP contribution in [0.4, 0.5) is 5.69 Å². The molecule has 2 N–H and O–H groups in total. The van der Waals surface area contributed by atoms with E-state index in [4.69, 9.17) is 5.41 Å². The molecule has 0 atom stereocenters. The van der Waals surface area contributed by atoms with Gasteiger partial charge in [0.15, 0.2) is 0 Å². The zero-order valence-corrected chi connectivity index (χ0v) is 17.7. The molecule has 5 rings (SSSR count). The van der Waals surface area contributed by atoms with E-state index in [9.17, 15) is 5.11 Å². The molecule has 0 aliphatic carbocycles. The molecule has 0 saturated heterocycles. The van der Waals surface area contributed by atoms with Gasteiger partial charge >= 0.3 is 0 Å². The van der Waals surface area contributed by atoms with Crippen molar-refractivity contribution < 1.29 is 5.11 Å². The summed E-state index contributed by atoms with van der Waals surface area (Å²) in [7, 11) is 0. The monoisotopic (exact) mass is 461 g/mol. The number of halogens is 1. The van der Waals surface area contributed by atoms with Gasteiger partial charge in [0.2, 0.25) is 0 Å². The molecule has 0 bridgehead atoms. The van der Waals surface area contributed by atoms with Crippen molar-refractivity contribution in [2.75, 3.05) is 11.4 Å². The highest BCUT2D eigenvalue weighted by Gasteiger charge is 2.31. The molecule has 0 spiro atoms. The second kappa shape index (κ2) is 7.13. The summed E-state index contributed by atoms with van der Waals surface area (Å²) in [5, 5.41) is 24.2. The highest BCUT2D eigenvalue weighted by Crippen LogP contribution is 2.35. The van der Waals surface area contributed by atoms with Crippen LogP contribution < -0.4 is 4.90 Å². The number of benzene rings is 3. The predicted octanol–water partition coefficient (Wildman–Crippen LogP) is 6.49. The molecule has 4 aromatic rings. The summed E-state index contributed by atoms with van der Waals surface area (Å²) in [5.41, 5.74) is 3.24. The number of aliphatic hydroxyl groups is 1. The van der Waals surface area contributed by atoms with E-state index in [0.29, 0.717) is 10.6 Å². The molecule has 142 valence electrons. The SMILES string of the molecule is N=C1C(c2nc(-c3ccc(Br)cc3)cs2)=C(O)CN1c1ccc2ccccc2c1. The molecular weight excluding hydrogens is 446 g/mol. The predicted molar refractivity (Wildman–Crippen MR) is 124 cm³/mol. The van der Waals surface area contributed by atoms with Crippen molar-refractivity contribution >= 4 is 55.1 Å². The molecule has 1 aliphatic rings. The van der Waals surface area contributed by atoms with Crippen LogP contribution in [0.3, 0.4) is 0 Å². The maximum Gasteiger partial charge on any atom is 0.139 e. The fourth-order valence-corrected chi connectivity index (χ4v) is 4.67. The number of nitrogens with zero attached hydrogens (tertiary/aromatic N) is 2. The topological polar surface area (TPSA) is 60.2 Å². The van der Waals surface area contributed by atoms with Crippen molar-refractivity contribution in [2.24, 2.45) is 0 Å². The van der Waals surface area contributed by atoms with E-state index < -0.39 is 0 Å². The molecule has 0 unspecified atom stereocenters. The first kappa shape index (κ1) is 18.1. The molecule has 1 aliphatic heterocycles. The summed E-state index contributed by atoms with van der Waals surface area (Å²) in [5.74, 6) is 0.453. The van der Waals surface area contributed by atoms with Gasteiger partial charge in [-0.1, -0.05) is 58.4 Å². The average Bonchev–Trinajstić information content (AvgIpc) is 3.32. The van der Waals surface area contributed by atoms with Crippen molar-refractivity contribution in [3.8, 4) is 11.3 Å².